The van der Waals surface area contributed by atoms with Gasteiger partial charge in [0.05, 0.1) is 6.54 Å². The lowest BCUT2D eigenvalue weighted by Crippen LogP contribution is -1.88. The average molecular weight is 262 g/mol. The first kappa shape index (κ1) is 12.4. The van der Waals surface area contributed by atoms with Gasteiger partial charge >= 0.3 is 0 Å². The number of hydrogen-bond acceptors (Lipinski definition) is 3. The first-order chi connectivity index (χ1) is 9.84. The van der Waals surface area contributed by atoms with Crippen molar-refractivity contribution in [1.82, 2.24) is 4.98 Å². The lowest BCUT2D eigenvalue weighted by Gasteiger charge is -2.04. The van der Waals surface area contributed by atoms with Gasteiger partial charge in [-0.25, -0.2) is 0 Å². The van der Waals surface area contributed by atoms with Crippen LogP contribution in [0.5, 0.6) is 5.75 Å². The van der Waals surface area contributed by atoms with Crippen molar-refractivity contribution >= 4 is 17.0 Å². The van der Waals surface area contributed by atoms with E-state index in [2.05, 4.69) is 9.98 Å². The number of hydrogen-bond donors (Lipinski definition) is 1. The van der Waals surface area contributed by atoms with E-state index in [4.69, 9.17) is 0 Å². The van der Waals surface area contributed by atoms with Crippen molar-refractivity contribution in [3.8, 4) is 5.75 Å². The Morgan fingerprint density at radius 1 is 1.05 bits per heavy atom. The van der Waals surface area contributed by atoms with E-state index in [1.54, 1.807) is 24.7 Å². The molecule has 0 atom stereocenters. The molecule has 1 N–H and O–H groups in total. The number of rotatable bonds is 3. The zero-order valence-electron chi connectivity index (χ0n) is 10.9. The van der Waals surface area contributed by atoms with Gasteiger partial charge in [0.2, 0.25) is 0 Å². The van der Waals surface area contributed by atoms with Crippen molar-refractivity contribution in [3.63, 3.8) is 0 Å². The molecule has 1 heterocycles. The second-order valence-corrected chi connectivity index (χ2v) is 4.55. The lowest BCUT2D eigenvalue weighted by molar-refractivity contribution is 0.475. The van der Waals surface area contributed by atoms with Gasteiger partial charge in [0.25, 0.3) is 0 Å². The largest absolute Gasteiger partial charge is 0.507 e. The van der Waals surface area contributed by atoms with Crippen molar-refractivity contribution in [2.45, 2.75) is 6.54 Å². The van der Waals surface area contributed by atoms with E-state index in [0.717, 1.165) is 21.9 Å². The summed E-state index contributed by atoms with van der Waals surface area (Å²) in [5, 5.41) is 12.1. The van der Waals surface area contributed by atoms with E-state index in [9.17, 15) is 5.11 Å². The highest BCUT2D eigenvalue weighted by Gasteiger charge is 2.03. The number of aromatic nitrogens is 1. The highest BCUT2D eigenvalue weighted by atomic mass is 16.3. The normalized spacial score (nSPS) is 11.2. The fourth-order valence-electron chi connectivity index (χ4n) is 2.15. The van der Waals surface area contributed by atoms with E-state index in [1.165, 1.54) is 0 Å². The molecule has 0 saturated heterocycles. The van der Waals surface area contributed by atoms with E-state index in [-0.39, 0.29) is 5.75 Å². The third-order valence-electron chi connectivity index (χ3n) is 3.16. The minimum absolute atomic E-state index is 0.249. The average Bonchev–Trinajstić information content (AvgIpc) is 2.50. The fourth-order valence-corrected chi connectivity index (χ4v) is 2.15. The molecule has 98 valence electrons. The van der Waals surface area contributed by atoms with E-state index < -0.39 is 0 Å². The monoisotopic (exact) mass is 262 g/mol. The van der Waals surface area contributed by atoms with Crippen molar-refractivity contribution in [3.05, 3.63) is 72.1 Å². The summed E-state index contributed by atoms with van der Waals surface area (Å²) >= 11 is 0. The first-order valence-corrected chi connectivity index (χ1v) is 6.44. The maximum atomic E-state index is 10.0. The maximum Gasteiger partial charge on any atom is 0.124 e. The lowest BCUT2D eigenvalue weighted by atomic mass is 10.0. The van der Waals surface area contributed by atoms with Crippen LogP contribution in [-0.2, 0) is 6.54 Å². The van der Waals surface area contributed by atoms with Crippen molar-refractivity contribution < 1.29 is 5.11 Å². The molecule has 0 spiro atoms. The van der Waals surface area contributed by atoms with Crippen LogP contribution in [0.25, 0.3) is 10.8 Å². The zero-order valence-corrected chi connectivity index (χ0v) is 10.9. The molecule has 0 aliphatic heterocycles. The van der Waals surface area contributed by atoms with E-state index >= 15 is 0 Å². The Hall–Kier alpha value is -2.68. The van der Waals surface area contributed by atoms with Crippen LogP contribution in [-0.4, -0.2) is 16.3 Å². The second-order valence-electron chi connectivity index (χ2n) is 4.55. The fraction of sp³-hybridized carbons (Fsp3) is 0.0588. The predicted molar refractivity (Wildman–Crippen MR) is 81.1 cm³/mol. The Morgan fingerprint density at radius 2 is 1.95 bits per heavy atom. The molecule has 3 rings (SSSR count). The van der Waals surface area contributed by atoms with Gasteiger partial charge in [0, 0.05) is 24.2 Å². The highest BCUT2D eigenvalue weighted by molar-refractivity contribution is 6.02. The minimum atomic E-state index is 0.249. The van der Waals surface area contributed by atoms with Crippen molar-refractivity contribution in [2.75, 3.05) is 0 Å². The van der Waals surface area contributed by atoms with Crippen LogP contribution in [0.3, 0.4) is 0 Å². The zero-order chi connectivity index (χ0) is 13.8. The number of benzene rings is 2. The summed E-state index contributed by atoms with van der Waals surface area (Å²) < 4.78 is 0. The Kier molecular flexibility index (Phi) is 3.42. The topological polar surface area (TPSA) is 45.5 Å². The van der Waals surface area contributed by atoms with Gasteiger partial charge in [-0.05, 0) is 28.5 Å². The molecule has 20 heavy (non-hydrogen) atoms. The van der Waals surface area contributed by atoms with Crippen molar-refractivity contribution in [1.29, 1.82) is 0 Å². The third kappa shape index (κ3) is 2.52. The Bertz CT molecular complexity index is 751. The third-order valence-corrected chi connectivity index (χ3v) is 3.16. The molecule has 3 heteroatoms. The summed E-state index contributed by atoms with van der Waals surface area (Å²) in [5.74, 6) is 0.249. The van der Waals surface area contributed by atoms with Gasteiger partial charge in [-0.1, -0.05) is 36.4 Å². The molecule has 0 bridgehead atoms. The molecule has 3 aromatic rings. The molecule has 0 unspecified atom stereocenters. The summed E-state index contributed by atoms with van der Waals surface area (Å²) in [7, 11) is 0. The molecule has 0 radical (unpaired) electrons. The van der Waals surface area contributed by atoms with Crippen LogP contribution in [0.15, 0.2) is 65.9 Å². The summed E-state index contributed by atoms with van der Waals surface area (Å²) in [5.41, 5.74) is 1.80. The number of aliphatic imine (C=N–C) groups is 1. The number of fused-ring (bicyclic) bond motifs is 1. The minimum Gasteiger partial charge on any atom is -0.507 e. The Morgan fingerprint density at radius 3 is 2.80 bits per heavy atom. The van der Waals surface area contributed by atoms with E-state index in [0.29, 0.717) is 6.54 Å². The number of pyridine rings is 1. The van der Waals surface area contributed by atoms with Crippen LogP contribution in [0, 0.1) is 0 Å². The summed E-state index contributed by atoms with van der Waals surface area (Å²) in [6.07, 6.45) is 5.26. The van der Waals surface area contributed by atoms with Crippen LogP contribution >= 0.6 is 0 Å². The summed E-state index contributed by atoms with van der Waals surface area (Å²) in [4.78, 5) is 8.45. The molecule has 0 saturated carbocycles. The number of nitrogens with zero attached hydrogens (tertiary/aromatic N) is 2. The van der Waals surface area contributed by atoms with E-state index in [1.807, 2.05) is 42.5 Å². The summed E-state index contributed by atoms with van der Waals surface area (Å²) in [6, 6.07) is 15.4. The molecule has 3 nitrogen and oxygen atoms in total. The summed E-state index contributed by atoms with van der Waals surface area (Å²) in [6.45, 7) is 0.552. The van der Waals surface area contributed by atoms with Gasteiger partial charge in [-0.15, -0.1) is 0 Å². The standard InChI is InChI=1S/C17H14N2O/c20-17-8-7-14-5-1-2-6-15(14)16(17)12-19-11-13-4-3-9-18-10-13/h1-10,12,20H,11H2. The molecular weight excluding hydrogens is 248 g/mol. The van der Waals surface area contributed by atoms with Crippen LogP contribution in [0.2, 0.25) is 0 Å². The smallest absolute Gasteiger partial charge is 0.124 e. The van der Waals surface area contributed by atoms with Gasteiger partial charge in [0.15, 0.2) is 0 Å². The maximum absolute atomic E-state index is 10.0. The first-order valence-electron chi connectivity index (χ1n) is 6.44. The Labute approximate surface area is 117 Å². The molecule has 0 amide bonds. The molecule has 0 aliphatic carbocycles. The predicted octanol–water partition coefficient (Wildman–Crippen LogP) is 3.56. The molecule has 0 aliphatic rings. The SMILES string of the molecule is Oc1ccc2ccccc2c1C=NCc1cccnc1. The number of phenolic OH excluding ortho intramolecular Hbond substituents is 1. The Balaban J connectivity index is 1.92. The van der Waals surface area contributed by atoms with Gasteiger partial charge in [-0.2, -0.15) is 0 Å². The molecule has 2 aromatic carbocycles. The van der Waals surface area contributed by atoms with Gasteiger partial charge in [-0.3, -0.25) is 9.98 Å². The molecular formula is C17H14N2O. The number of aromatic hydroxyl groups is 1. The highest BCUT2D eigenvalue weighted by Crippen LogP contribution is 2.25. The number of phenols is 1. The molecule has 1 aromatic heterocycles. The quantitative estimate of drug-likeness (QED) is 0.733. The van der Waals surface area contributed by atoms with Gasteiger partial charge in [0.1, 0.15) is 5.75 Å². The van der Waals surface area contributed by atoms with Crippen molar-refractivity contribution in [2.24, 2.45) is 4.99 Å². The van der Waals surface area contributed by atoms with Crippen LogP contribution < -0.4 is 0 Å². The molecule has 0 fully saturated rings. The van der Waals surface area contributed by atoms with Crippen LogP contribution in [0.1, 0.15) is 11.1 Å². The van der Waals surface area contributed by atoms with Gasteiger partial charge < -0.3 is 5.11 Å². The van der Waals surface area contributed by atoms with Crippen LogP contribution in [0.4, 0.5) is 0 Å². The second kappa shape index (κ2) is 5.53.